The number of primary amides is 1. The van der Waals surface area contributed by atoms with Gasteiger partial charge in [-0.2, -0.15) is 0 Å². The van der Waals surface area contributed by atoms with Gasteiger partial charge in [0.25, 0.3) is 5.91 Å². The molecule has 4 amide bonds. The molecule has 1 aliphatic heterocycles. The Labute approximate surface area is 191 Å². The Morgan fingerprint density at radius 1 is 1.03 bits per heavy atom. The summed E-state index contributed by atoms with van der Waals surface area (Å²) in [6, 6.07) is 17.4. The number of benzene rings is 2. The van der Waals surface area contributed by atoms with Crippen LogP contribution in [0.4, 0.5) is 4.79 Å². The molecule has 2 aromatic carbocycles. The molecule has 1 heterocycles. The Hall–Kier alpha value is -4.14. The van der Waals surface area contributed by atoms with Gasteiger partial charge in [0.15, 0.2) is 0 Å². The number of ether oxygens (including phenoxy) is 1. The van der Waals surface area contributed by atoms with Crippen LogP contribution in [0.25, 0.3) is 6.08 Å². The van der Waals surface area contributed by atoms with Gasteiger partial charge in [-0.3, -0.25) is 14.4 Å². The zero-order valence-corrected chi connectivity index (χ0v) is 18.0. The first-order valence-corrected chi connectivity index (χ1v) is 10.6. The van der Waals surface area contributed by atoms with Crippen LogP contribution in [0.15, 0.2) is 66.4 Å². The molecule has 0 bridgehead atoms. The van der Waals surface area contributed by atoms with Crippen LogP contribution in [-0.4, -0.2) is 47.8 Å². The molecular weight excluding hydrogens is 424 g/mol. The molecule has 0 aliphatic carbocycles. The van der Waals surface area contributed by atoms with E-state index in [0.717, 1.165) is 5.56 Å². The van der Waals surface area contributed by atoms with Crippen LogP contribution < -0.4 is 16.4 Å². The highest BCUT2D eigenvalue weighted by atomic mass is 16.5. The first kappa shape index (κ1) is 23.5. The van der Waals surface area contributed by atoms with Crippen molar-refractivity contribution in [2.24, 2.45) is 5.73 Å². The predicted molar refractivity (Wildman–Crippen MR) is 121 cm³/mol. The highest BCUT2D eigenvalue weighted by molar-refractivity contribution is 6.03. The second-order valence-corrected chi connectivity index (χ2v) is 7.49. The summed E-state index contributed by atoms with van der Waals surface area (Å²) in [7, 11) is 0. The van der Waals surface area contributed by atoms with Gasteiger partial charge in [-0.1, -0.05) is 60.7 Å². The van der Waals surface area contributed by atoms with E-state index in [2.05, 4.69) is 10.6 Å². The lowest BCUT2D eigenvalue weighted by atomic mass is 10.1. The molecule has 1 saturated heterocycles. The smallest absolute Gasteiger partial charge is 0.407 e. The van der Waals surface area contributed by atoms with Gasteiger partial charge >= 0.3 is 6.09 Å². The van der Waals surface area contributed by atoms with E-state index in [9.17, 15) is 19.2 Å². The summed E-state index contributed by atoms with van der Waals surface area (Å²) in [6.07, 6.45) is 1.87. The van der Waals surface area contributed by atoms with Crippen LogP contribution in [0.5, 0.6) is 0 Å². The number of carbonyl (C=O) groups is 4. The van der Waals surface area contributed by atoms with Gasteiger partial charge in [0.1, 0.15) is 24.9 Å². The molecule has 9 heteroatoms. The molecule has 1 aliphatic rings. The van der Waals surface area contributed by atoms with E-state index in [4.69, 9.17) is 10.5 Å². The molecule has 9 nitrogen and oxygen atoms in total. The lowest BCUT2D eigenvalue weighted by molar-refractivity contribution is -0.135. The molecule has 2 aromatic rings. The lowest BCUT2D eigenvalue weighted by Gasteiger charge is -2.24. The molecule has 33 heavy (non-hydrogen) atoms. The van der Waals surface area contributed by atoms with Crippen molar-refractivity contribution in [2.45, 2.75) is 25.5 Å². The van der Waals surface area contributed by atoms with Gasteiger partial charge in [0, 0.05) is 6.54 Å². The fourth-order valence-electron chi connectivity index (χ4n) is 3.45. The maximum Gasteiger partial charge on any atom is 0.407 e. The quantitative estimate of drug-likeness (QED) is 0.525. The SMILES string of the molecule is NC(=O)[C@@H]1CCCN1C(=O)C(=Cc1ccccc1)NC(=O)CNC(=O)OCc1ccccc1. The normalized spacial score (nSPS) is 15.6. The number of carbonyl (C=O) groups excluding carboxylic acids is 4. The monoisotopic (exact) mass is 450 g/mol. The third-order valence-electron chi connectivity index (χ3n) is 5.06. The highest BCUT2D eigenvalue weighted by Gasteiger charge is 2.34. The molecule has 0 radical (unpaired) electrons. The van der Waals surface area contributed by atoms with E-state index >= 15 is 0 Å². The van der Waals surface area contributed by atoms with E-state index in [1.54, 1.807) is 24.3 Å². The summed E-state index contributed by atoms with van der Waals surface area (Å²) < 4.78 is 5.08. The van der Waals surface area contributed by atoms with E-state index in [1.165, 1.54) is 11.0 Å². The van der Waals surface area contributed by atoms with Crippen molar-refractivity contribution in [3.05, 3.63) is 77.5 Å². The van der Waals surface area contributed by atoms with Crippen LogP contribution >= 0.6 is 0 Å². The average Bonchev–Trinajstić information content (AvgIpc) is 3.32. The minimum Gasteiger partial charge on any atom is -0.445 e. The number of hydrogen-bond donors (Lipinski definition) is 3. The predicted octanol–water partition coefficient (Wildman–Crippen LogP) is 1.55. The molecule has 4 N–H and O–H groups in total. The van der Waals surface area contributed by atoms with E-state index in [-0.39, 0.29) is 12.3 Å². The molecule has 1 fully saturated rings. The Balaban J connectivity index is 1.62. The maximum atomic E-state index is 13.1. The topological polar surface area (TPSA) is 131 Å². The van der Waals surface area contributed by atoms with Crippen molar-refractivity contribution in [2.75, 3.05) is 13.1 Å². The lowest BCUT2D eigenvalue weighted by Crippen LogP contribution is -2.47. The van der Waals surface area contributed by atoms with E-state index in [1.807, 2.05) is 36.4 Å². The van der Waals surface area contributed by atoms with Crippen molar-refractivity contribution in [1.29, 1.82) is 0 Å². The zero-order valence-electron chi connectivity index (χ0n) is 18.0. The second kappa shape index (κ2) is 11.5. The Morgan fingerprint density at radius 2 is 1.70 bits per heavy atom. The number of likely N-dealkylation sites (tertiary alicyclic amines) is 1. The molecular formula is C24H26N4O5. The maximum absolute atomic E-state index is 13.1. The minimum atomic E-state index is -0.762. The number of rotatable bonds is 8. The molecule has 1 atom stereocenters. The number of alkyl carbamates (subject to hydrolysis) is 1. The summed E-state index contributed by atoms with van der Waals surface area (Å²) >= 11 is 0. The number of nitrogens with two attached hydrogens (primary N) is 1. The van der Waals surface area contributed by atoms with E-state index in [0.29, 0.717) is 24.9 Å². The Morgan fingerprint density at radius 3 is 2.36 bits per heavy atom. The molecule has 172 valence electrons. The van der Waals surface area contributed by atoms with Crippen LogP contribution in [-0.2, 0) is 25.7 Å². The van der Waals surface area contributed by atoms with Crippen molar-refractivity contribution in [3.63, 3.8) is 0 Å². The van der Waals surface area contributed by atoms with Crippen LogP contribution in [0.2, 0.25) is 0 Å². The van der Waals surface area contributed by atoms with E-state index < -0.39 is 36.4 Å². The van der Waals surface area contributed by atoms with Crippen LogP contribution in [0.3, 0.4) is 0 Å². The van der Waals surface area contributed by atoms with Crippen molar-refractivity contribution in [1.82, 2.24) is 15.5 Å². The van der Waals surface area contributed by atoms with Crippen molar-refractivity contribution < 1.29 is 23.9 Å². The number of nitrogens with zero attached hydrogens (tertiary/aromatic N) is 1. The summed E-state index contributed by atoms with van der Waals surface area (Å²) in [5, 5.41) is 4.90. The summed E-state index contributed by atoms with van der Waals surface area (Å²) in [5.74, 6) is -1.72. The van der Waals surface area contributed by atoms with Gasteiger partial charge in [-0.15, -0.1) is 0 Å². The van der Waals surface area contributed by atoms with Crippen molar-refractivity contribution >= 4 is 29.9 Å². The number of hydrogen-bond acceptors (Lipinski definition) is 5. The summed E-state index contributed by atoms with van der Waals surface area (Å²) in [4.78, 5) is 50.6. The average molecular weight is 450 g/mol. The van der Waals surface area contributed by atoms with Crippen LogP contribution in [0.1, 0.15) is 24.0 Å². The van der Waals surface area contributed by atoms with Gasteiger partial charge in [-0.05, 0) is 30.0 Å². The fraction of sp³-hybridized carbons (Fsp3) is 0.250. The van der Waals surface area contributed by atoms with Gasteiger partial charge < -0.3 is 26.0 Å². The number of amides is 4. The van der Waals surface area contributed by atoms with Gasteiger partial charge in [0.05, 0.1) is 0 Å². The van der Waals surface area contributed by atoms with Crippen LogP contribution in [0, 0.1) is 0 Å². The molecule has 0 saturated carbocycles. The molecule has 3 rings (SSSR count). The van der Waals surface area contributed by atoms with Gasteiger partial charge in [0.2, 0.25) is 11.8 Å². The summed E-state index contributed by atoms with van der Waals surface area (Å²) in [5.41, 5.74) is 6.91. The summed E-state index contributed by atoms with van der Waals surface area (Å²) in [6.45, 7) is 0.0280. The second-order valence-electron chi connectivity index (χ2n) is 7.49. The Bertz CT molecular complexity index is 1020. The molecule has 0 aromatic heterocycles. The highest BCUT2D eigenvalue weighted by Crippen LogP contribution is 2.20. The van der Waals surface area contributed by atoms with Crippen molar-refractivity contribution in [3.8, 4) is 0 Å². The number of nitrogens with one attached hydrogen (secondary N) is 2. The largest absolute Gasteiger partial charge is 0.445 e. The minimum absolute atomic E-state index is 0.0150. The first-order valence-electron chi connectivity index (χ1n) is 10.6. The Kier molecular flexibility index (Phi) is 8.18. The zero-order chi connectivity index (χ0) is 23.6. The van der Waals surface area contributed by atoms with Gasteiger partial charge in [-0.25, -0.2) is 4.79 Å². The third-order valence-corrected chi connectivity index (χ3v) is 5.06. The first-order chi connectivity index (χ1) is 15.9. The standard InChI is InChI=1S/C24H26N4O5/c25-22(30)20-12-7-13-28(20)23(31)19(14-17-8-3-1-4-9-17)27-21(29)15-26-24(32)33-16-18-10-5-2-6-11-18/h1-6,8-11,14,20H,7,12-13,15-16H2,(H2,25,30)(H,26,32)(H,27,29)/t20-/m0/s1. The fourth-order valence-corrected chi connectivity index (χ4v) is 3.45. The molecule has 0 spiro atoms. The molecule has 0 unspecified atom stereocenters. The third kappa shape index (κ3) is 6.93.